The van der Waals surface area contributed by atoms with Crippen LogP contribution in [0.15, 0.2) is 34.7 Å². The van der Waals surface area contributed by atoms with E-state index in [1.54, 1.807) is 37.3 Å². The molecule has 5 nitrogen and oxygen atoms in total. The van der Waals surface area contributed by atoms with Crippen LogP contribution in [0.5, 0.6) is 5.75 Å². The second kappa shape index (κ2) is 5.61. The van der Waals surface area contributed by atoms with Crippen molar-refractivity contribution in [3.8, 4) is 5.75 Å². The molecule has 20 heavy (non-hydrogen) atoms. The van der Waals surface area contributed by atoms with Gasteiger partial charge in [0, 0.05) is 11.1 Å². The third kappa shape index (κ3) is 3.06. The Hall–Kier alpha value is -2.56. The Labute approximate surface area is 115 Å². The van der Waals surface area contributed by atoms with Crippen molar-refractivity contribution in [1.29, 1.82) is 0 Å². The first-order valence-electron chi connectivity index (χ1n) is 6.04. The van der Waals surface area contributed by atoms with E-state index in [0.29, 0.717) is 22.6 Å². The zero-order valence-electron chi connectivity index (χ0n) is 11.2. The van der Waals surface area contributed by atoms with Gasteiger partial charge in [0.1, 0.15) is 18.1 Å². The van der Waals surface area contributed by atoms with Crippen LogP contribution < -0.4 is 4.74 Å². The summed E-state index contributed by atoms with van der Waals surface area (Å²) in [6.07, 6.45) is 0. The van der Waals surface area contributed by atoms with Crippen molar-refractivity contribution >= 4 is 11.8 Å². The molecule has 0 aliphatic heterocycles. The SMILES string of the molecule is CC(=O)c1cccc(OCc2cc(C)c(C(=O)O)o2)c1. The number of Topliss-reactive ketones (excluding diaryl/α,β-unsaturated/α-hetero) is 1. The number of aromatic carboxylic acids is 1. The number of rotatable bonds is 5. The van der Waals surface area contributed by atoms with Crippen molar-refractivity contribution in [2.75, 3.05) is 0 Å². The lowest BCUT2D eigenvalue weighted by atomic mass is 10.1. The summed E-state index contributed by atoms with van der Waals surface area (Å²) in [6.45, 7) is 3.25. The van der Waals surface area contributed by atoms with Gasteiger partial charge in [-0.05, 0) is 32.0 Å². The minimum Gasteiger partial charge on any atom is -0.486 e. The molecule has 0 aliphatic carbocycles. The van der Waals surface area contributed by atoms with E-state index < -0.39 is 5.97 Å². The van der Waals surface area contributed by atoms with Crippen LogP contribution in [0.4, 0.5) is 0 Å². The van der Waals surface area contributed by atoms with Crippen LogP contribution in [0.25, 0.3) is 0 Å². The molecule has 2 aromatic rings. The maximum absolute atomic E-state index is 11.3. The molecule has 0 unspecified atom stereocenters. The summed E-state index contributed by atoms with van der Waals surface area (Å²) in [5.74, 6) is -0.275. The summed E-state index contributed by atoms with van der Waals surface area (Å²) >= 11 is 0. The van der Waals surface area contributed by atoms with E-state index >= 15 is 0 Å². The number of carboxylic acids is 1. The number of furan rings is 1. The molecule has 1 aromatic heterocycles. The lowest BCUT2D eigenvalue weighted by Gasteiger charge is -2.05. The van der Waals surface area contributed by atoms with Crippen molar-refractivity contribution in [2.24, 2.45) is 0 Å². The lowest BCUT2D eigenvalue weighted by molar-refractivity contribution is 0.0657. The first-order valence-corrected chi connectivity index (χ1v) is 6.04. The van der Waals surface area contributed by atoms with Crippen LogP contribution in [-0.2, 0) is 6.61 Å². The van der Waals surface area contributed by atoms with Crippen LogP contribution in [0.1, 0.15) is 39.2 Å². The standard InChI is InChI=1S/C15H14O5/c1-9-6-13(20-14(9)15(17)18)8-19-12-5-3-4-11(7-12)10(2)16/h3-7H,8H2,1-2H3,(H,17,18). The fourth-order valence-corrected chi connectivity index (χ4v) is 1.79. The zero-order chi connectivity index (χ0) is 14.7. The van der Waals surface area contributed by atoms with Gasteiger partial charge >= 0.3 is 5.97 Å². The molecule has 0 saturated heterocycles. The second-order valence-electron chi connectivity index (χ2n) is 4.40. The highest BCUT2D eigenvalue weighted by atomic mass is 16.5. The fourth-order valence-electron chi connectivity index (χ4n) is 1.79. The minimum atomic E-state index is -1.10. The van der Waals surface area contributed by atoms with Gasteiger partial charge in [-0.1, -0.05) is 12.1 Å². The summed E-state index contributed by atoms with van der Waals surface area (Å²) in [4.78, 5) is 22.1. The van der Waals surface area contributed by atoms with Gasteiger partial charge in [-0.3, -0.25) is 4.79 Å². The Kier molecular flexibility index (Phi) is 3.89. The highest BCUT2D eigenvalue weighted by Gasteiger charge is 2.14. The van der Waals surface area contributed by atoms with E-state index in [2.05, 4.69) is 0 Å². The number of hydrogen-bond acceptors (Lipinski definition) is 4. The lowest BCUT2D eigenvalue weighted by Crippen LogP contribution is -1.97. The van der Waals surface area contributed by atoms with Crippen LogP contribution >= 0.6 is 0 Å². The topological polar surface area (TPSA) is 76.7 Å². The van der Waals surface area contributed by atoms with Gasteiger partial charge in [0.05, 0.1) is 0 Å². The maximum Gasteiger partial charge on any atom is 0.372 e. The second-order valence-corrected chi connectivity index (χ2v) is 4.40. The molecule has 0 amide bonds. The van der Waals surface area contributed by atoms with Crippen LogP contribution in [0.3, 0.4) is 0 Å². The number of carbonyl (C=O) groups is 2. The quantitative estimate of drug-likeness (QED) is 0.848. The van der Waals surface area contributed by atoms with Gasteiger partial charge in [-0.15, -0.1) is 0 Å². The van der Waals surface area contributed by atoms with Gasteiger partial charge in [-0.2, -0.15) is 0 Å². The Morgan fingerprint density at radius 1 is 1.30 bits per heavy atom. The number of benzene rings is 1. The molecule has 0 radical (unpaired) electrons. The number of aryl methyl sites for hydroxylation is 1. The molecule has 0 spiro atoms. The number of ketones is 1. The molecular formula is C15H14O5. The minimum absolute atomic E-state index is 0.0440. The van der Waals surface area contributed by atoms with E-state index in [-0.39, 0.29) is 18.2 Å². The fraction of sp³-hybridized carbons (Fsp3) is 0.200. The van der Waals surface area contributed by atoms with Gasteiger partial charge in [0.2, 0.25) is 5.76 Å². The van der Waals surface area contributed by atoms with E-state index in [1.165, 1.54) is 6.92 Å². The van der Waals surface area contributed by atoms with Gasteiger partial charge in [0.25, 0.3) is 0 Å². The van der Waals surface area contributed by atoms with Gasteiger partial charge < -0.3 is 14.3 Å². The molecule has 1 N–H and O–H groups in total. The largest absolute Gasteiger partial charge is 0.486 e. The van der Waals surface area contributed by atoms with Crippen LogP contribution in [0, 0.1) is 6.92 Å². The van der Waals surface area contributed by atoms with E-state index in [0.717, 1.165) is 0 Å². The molecule has 0 aliphatic rings. The Morgan fingerprint density at radius 3 is 2.65 bits per heavy atom. The third-order valence-electron chi connectivity index (χ3n) is 2.78. The predicted molar refractivity (Wildman–Crippen MR) is 71.2 cm³/mol. The summed E-state index contributed by atoms with van der Waals surface area (Å²) in [5.41, 5.74) is 1.11. The van der Waals surface area contributed by atoms with Crippen molar-refractivity contribution in [3.63, 3.8) is 0 Å². The normalized spacial score (nSPS) is 10.3. The highest BCUT2D eigenvalue weighted by molar-refractivity contribution is 5.94. The number of carbonyl (C=O) groups excluding carboxylic acids is 1. The van der Waals surface area contributed by atoms with Crippen molar-refractivity contribution in [1.82, 2.24) is 0 Å². The summed E-state index contributed by atoms with van der Waals surface area (Å²) < 4.78 is 10.7. The Balaban J connectivity index is 2.09. The highest BCUT2D eigenvalue weighted by Crippen LogP contribution is 2.19. The van der Waals surface area contributed by atoms with Crippen molar-refractivity contribution in [3.05, 3.63) is 53.0 Å². The average Bonchev–Trinajstić information content (AvgIpc) is 2.78. The third-order valence-corrected chi connectivity index (χ3v) is 2.78. The van der Waals surface area contributed by atoms with E-state index in [9.17, 15) is 9.59 Å². The zero-order valence-corrected chi connectivity index (χ0v) is 11.2. The first-order chi connectivity index (χ1) is 9.47. The summed E-state index contributed by atoms with van der Waals surface area (Å²) in [6, 6.07) is 8.41. The summed E-state index contributed by atoms with van der Waals surface area (Å²) in [5, 5.41) is 8.89. The molecule has 5 heteroatoms. The van der Waals surface area contributed by atoms with Crippen molar-refractivity contribution < 1.29 is 23.8 Å². The average molecular weight is 274 g/mol. The Bertz CT molecular complexity index is 654. The number of hydrogen-bond donors (Lipinski definition) is 1. The van der Waals surface area contributed by atoms with E-state index in [1.807, 2.05) is 0 Å². The smallest absolute Gasteiger partial charge is 0.372 e. The van der Waals surface area contributed by atoms with Crippen molar-refractivity contribution in [2.45, 2.75) is 20.5 Å². The molecular weight excluding hydrogens is 260 g/mol. The maximum atomic E-state index is 11.3. The molecule has 0 fully saturated rings. The number of carboxylic acid groups (broad SMARTS) is 1. The first kappa shape index (κ1) is 13.9. The van der Waals surface area contributed by atoms with Crippen LogP contribution in [0.2, 0.25) is 0 Å². The Morgan fingerprint density at radius 2 is 2.05 bits per heavy atom. The molecule has 0 bridgehead atoms. The number of ether oxygens (including phenoxy) is 1. The van der Waals surface area contributed by atoms with Gasteiger partial charge in [-0.25, -0.2) is 4.79 Å². The molecule has 1 aromatic carbocycles. The summed E-state index contributed by atoms with van der Waals surface area (Å²) in [7, 11) is 0. The van der Waals surface area contributed by atoms with E-state index in [4.69, 9.17) is 14.3 Å². The molecule has 104 valence electrons. The molecule has 1 heterocycles. The van der Waals surface area contributed by atoms with Gasteiger partial charge in [0.15, 0.2) is 5.78 Å². The molecule has 0 atom stereocenters. The van der Waals surface area contributed by atoms with Crippen LogP contribution in [-0.4, -0.2) is 16.9 Å². The monoisotopic (exact) mass is 274 g/mol. The molecule has 2 rings (SSSR count). The predicted octanol–water partition coefficient (Wildman–Crippen LogP) is 3.07. The molecule has 0 saturated carbocycles.